The smallest absolute Gasteiger partial charge is 0.204 e. The fraction of sp³-hybridized carbons (Fsp3) is 0.0667. The highest BCUT2D eigenvalue weighted by molar-refractivity contribution is 6.30. The van der Waals surface area contributed by atoms with Gasteiger partial charge in [0.05, 0.1) is 10.7 Å². The second kappa shape index (κ2) is 5.23. The Balaban J connectivity index is 1.61. The van der Waals surface area contributed by atoms with E-state index < -0.39 is 0 Å². The molecule has 4 aromatic rings. The zero-order chi connectivity index (χ0) is 14.9. The van der Waals surface area contributed by atoms with Gasteiger partial charge in [-0.1, -0.05) is 41.9 Å². The summed E-state index contributed by atoms with van der Waals surface area (Å²) in [5.74, 6) is 0.604. The fourth-order valence-electron chi connectivity index (χ4n) is 2.25. The van der Waals surface area contributed by atoms with Crippen molar-refractivity contribution >= 4 is 17.2 Å². The Morgan fingerprint density at radius 1 is 1.00 bits per heavy atom. The van der Waals surface area contributed by atoms with Gasteiger partial charge in [-0.15, -0.1) is 10.2 Å². The molecule has 4 rings (SSSR count). The Hall–Kier alpha value is -2.73. The highest BCUT2D eigenvalue weighted by Crippen LogP contribution is 2.14. The number of pyridine rings is 1. The van der Waals surface area contributed by atoms with Crippen LogP contribution < -0.4 is 0 Å². The van der Waals surface area contributed by atoms with Crippen molar-refractivity contribution in [3.63, 3.8) is 0 Å². The molecule has 0 bridgehead atoms. The van der Waals surface area contributed by atoms with E-state index in [2.05, 4.69) is 20.4 Å². The van der Waals surface area contributed by atoms with Gasteiger partial charge in [-0.3, -0.25) is 0 Å². The normalized spacial score (nSPS) is 11.1. The van der Waals surface area contributed by atoms with Gasteiger partial charge in [-0.05, 0) is 17.3 Å². The Morgan fingerprint density at radius 2 is 1.86 bits per heavy atom. The van der Waals surface area contributed by atoms with Gasteiger partial charge in [0.1, 0.15) is 12.2 Å². The van der Waals surface area contributed by atoms with Crippen LogP contribution in [0.1, 0.15) is 5.69 Å². The molecule has 0 saturated carbocycles. The lowest BCUT2D eigenvalue weighted by molar-refractivity contribution is 0.566. The fourth-order valence-corrected chi connectivity index (χ4v) is 2.42. The van der Waals surface area contributed by atoms with Crippen LogP contribution in [0, 0.1) is 0 Å². The third-order valence-electron chi connectivity index (χ3n) is 3.25. The number of hydrogen-bond acceptors (Lipinski definition) is 4. The van der Waals surface area contributed by atoms with Gasteiger partial charge < -0.3 is 4.40 Å². The quantitative estimate of drug-likeness (QED) is 0.584. The summed E-state index contributed by atoms with van der Waals surface area (Å²) in [7, 11) is 0. The Kier molecular flexibility index (Phi) is 3.08. The minimum atomic E-state index is 0.457. The lowest BCUT2D eigenvalue weighted by Crippen LogP contribution is -2.04. The highest BCUT2D eigenvalue weighted by atomic mass is 35.5. The van der Waals surface area contributed by atoms with Gasteiger partial charge in [-0.2, -0.15) is 4.80 Å². The molecule has 7 heteroatoms. The number of rotatable bonds is 3. The largest absolute Gasteiger partial charge is 0.305 e. The van der Waals surface area contributed by atoms with Crippen LogP contribution in [0.25, 0.3) is 17.0 Å². The second-order valence-corrected chi connectivity index (χ2v) is 5.29. The Bertz CT molecular complexity index is 928. The standard InChI is InChI=1S/C15H11ClN6/c16-12-6-7-14-17-13(9-21(14)8-12)10-22-19-15(18-20-22)11-4-2-1-3-5-11/h1-9H,10H2. The van der Waals surface area contributed by atoms with E-state index in [9.17, 15) is 0 Å². The van der Waals surface area contributed by atoms with Crippen LogP contribution in [0.3, 0.4) is 0 Å². The molecule has 0 aliphatic rings. The third-order valence-corrected chi connectivity index (χ3v) is 3.48. The molecule has 0 N–H and O–H groups in total. The number of aromatic nitrogens is 6. The molecule has 0 aliphatic heterocycles. The van der Waals surface area contributed by atoms with Crippen molar-refractivity contribution in [1.29, 1.82) is 0 Å². The van der Waals surface area contributed by atoms with Crippen molar-refractivity contribution in [1.82, 2.24) is 29.6 Å². The van der Waals surface area contributed by atoms with Crippen LogP contribution in [0.4, 0.5) is 0 Å². The van der Waals surface area contributed by atoms with Crippen molar-refractivity contribution in [2.75, 3.05) is 0 Å². The average Bonchev–Trinajstić information content (AvgIpc) is 3.14. The number of imidazole rings is 1. The predicted octanol–water partition coefficient (Wildman–Crippen LogP) is 2.69. The number of tetrazole rings is 1. The lowest BCUT2D eigenvalue weighted by Gasteiger charge is -1.94. The minimum absolute atomic E-state index is 0.457. The summed E-state index contributed by atoms with van der Waals surface area (Å²) >= 11 is 5.97. The first-order valence-electron chi connectivity index (χ1n) is 6.74. The lowest BCUT2D eigenvalue weighted by atomic mass is 10.2. The molecule has 0 fully saturated rings. The van der Waals surface area contributed by atoms with Gasteiger partial charge in [0.15, 0.2) is 0 Å². The summed E-state index contributed by atoms with van der Waals surface area (Å²) in [4.78, 5) is 6.04. The summed E-state index contributed by atoms with van der Waals surface area (Å²) in [5, 5.41) is 13.2. The molecule has 1 aromatic carbocycles. The molecule has 6 nitrogen and oxygen atoms in total. The molecule has 108 valence electrons. The maximum Gasteiger partial charge on any atom is 0.204 e. The van der Waals surface area contributed by atoms with Crippen molar-refractivity contribution in [3.05, 3.63) is 65.6 Å². The molecule has 22 heavy (non-hydrogen) atoms. The van der Waals surface area contributed by atoms with E-state index in [0.717, 1.165) is 16.9 Å². The van der Waals surface area contributed by atoms with Gasteiger partial charge in [-0.25, -0.2) is 4.98 Å². The highest BCUT2D eigenvalue weighted by Gasteiger charge is 2.08. The van der Waals surface area contributed by atoms with Crippen LogP contribution >= 0.6 is 11.6 Å². The van der Waals surface area contributed by atoms with Crippen LogP contribution in [0.15, 0.2) is 54.9 Å². The van der Waals surface area contributed by atoms with Crippen LogP contribution in [-0.2, 0) is 6.54 Å². The van der Waals surface area contributed by atoms with Crippen LogP contribution in [0.5, 0.6) is 0 Å². The monoisotopic (exact) mass is 310 g/mol. The van der Waals surface area contributed by atoms with E-state index >= 15 is 0 Å². The Labute approximate surface area is 131 Å². The number of benzene rings is 1. The van der Waals surface area contributed by atoms with E-state index in [1.807, 2.05) is 59.3 Å². The van der Waals surface area contributed by atoms with E-state index in [4.69, 9.17) is 11.6 Å². The van der Waals surface area contributed by atoms with E-state index in [1.54, 1.807) is 0 Å². The van der Waals surface area contributed by atoms with E-state index in [1.165, 1.54) is 4.80 Å². The Morgan fingerprint density at radius 3 is 2.73 bits per heavy atom. The molecule has 0 atom stereocenters. The van der Waals surface area contributed by atoms with Gasteiger partial charge in [0, 0.05) is 18.0 Å². The SMILES string of the molecule is Clc1ccc2nc(Cn3nnc(-c4ccccc4)n3)cn2c1. The first kappa shape index (κ1) is 13.0. The van der Waals surface area contributed by atoms with Crippen molar-refractivity contribution < 1.29 is 0 Å². The summed E-state index contributed by atoms with van der Waals surface area (Å²) in [6.07, 6.45) is 3.73. The topological polar surface area (TPSA) is 60.9 Å². The van der Waals surface area contributed by atoms with E-state index in [-0.39, 0.29) is 0 Å². The summed E-state index contributed by atoms with van der Waals surface area (Å²) < 4.78 is 1.88. The van der Waals surface area contributed by atoms with Crippen molar-refractivity contribution in [2.45, 2.75) is 6.54 Å². The molecule has 0 radical (unpaired) electrons. The zero-order valence-corrected chi connectivity index (χ0v) is 12.2. The number of fused-ring (bicyclic) bond motifs is 1. The summed E-state index contributed by atoms with van der Waals surface area (Å²) in [5.41, 5.74) is 2.62. The van der Waals surface area contributed by atoms with Crippen molar-refractivity contribution in [2.24, 2.45) is 0 Å². The summed E-state index contributed by atoms with van der Waals surface area (Å²) in [6, 6.07) is 13.4. The molecule has 0 spiro atoms. The van der Waals surface area contributed by atoms with E-state index in [0.29, 0.717) is 17.4 Å². The molecule has 3 aromatic heterocycles. The maximum atomic E-state index is 5.97. The van der Waals surface area contributed by atoms with Crippen LogP contribution in [0.2, 0.25) is 5.02 Å². The molecule has 0 saturated heterocycles. The molecular formula is C15H11ClN6. The predicted molar refractivity (Wildman–Crippen MR) is 82.6 cm³/mol. The molecular weight excluding hydrogens is 300 g/mol. The van der Waals surface area contributed by atoms with Gasteiger partial charge >= 0.3 is 0 Å². The first-order valence-corrected chi connectivity index (χ1v) is 7.12. The molecule has 0 amide bonds. The third kappa shape index (κ3) is 2.44. The zero-order valence-electron chi connectivity index (χ0n) is 11.5. The molecule has 0 aliphatic carbocycles. The second-order valence-electron chi connectivity index (χ2n) is 4.85. The first-order chi connectivity index (χ1) is 10.8. The minimum Gasteiger partial charge on any atom is -0.305 e. The summed E-state index contributed by atoms with van der Waals surface area (Å²) in [6.45, 7) is 0.457. The maximum absolute atomic E-state index is 5.97. The molecule has 0 unspecified atom stereocenters. The van der Waals surface area contributed by atoms with Gasteiger partial charge in [0.25, 0.3) is 0 Å². The molecule has 3 heterocycles. The number of hydrogen-bond donors (Lipinski definition) is 0. The van der Waals surface area contributed by atoms with Crippen LogP contribution in [-0.4, -0.2) is 29.6 Å². The number of halogens is 1. The van der Waals surface area contributed by atoms with Gasteiger partial charge in [0.2, 0.25) is 5.82 Å². The average molecular weight is 311 g/mol. The van der Waals surface area contributed by atoms with Crippen molar-refractivity contribution in [3.8, 4) is 11.4 Å². The number of nitrogens with zero attached hydrogens (tertiary/aromatic N) is 6.